The van der Waals surface area contributed by atoms with Gasteiger partial charge >= 0.3 is 0 Å². The summed E-state index contributed by atoms with van der Waals surface area (Å²) in [7, 11) is 2.22. The summed E-state index contributed by atoms with van der Waals surface area (Å²) in [5.74, 6) is 0. The molecular formula is C13H30N2. The Labute approximate surface area is 96.6 Å². The predicted molar refractivity (Wildman–Crippen MR) is 69.4 cm³/mol. The molecule has 1 rings (SSSR count). The SMILES string of the molecule is CC.CC(C)N(C)CC1CCN1C(C)C. The van der Waals surface area contributed by atoms with E-state index in [1.54, 1.807) is 0 Å². The van der Waals surface area contributed by atoms with Crippen LogP contribution in [-0.4, -0.2) is 48.1 Å². The lowest BCUT2D eigenvalue weighted by molar-refractivity contribution is 0.0292. The normalized spacial score (nSPS) is 21.6. The predicted octanol–water partition coefficient (Wildman–Crippen LogP) is 2.84. The fourth-order valence-electron chi connectivity index (χ4n) is 1.88. The molecule has 2 heteroatoms. The van der Waals surface area contributed by atoms with Gasteiger partial charge in [0, 0.05) is 31.2 Å². The van der Waals surface area contributed by atoms with Gasteiger partial charge in [0.05, 0.1) is 0 Å². The summed E-state index contributed by atoms with van der Waals surface area (Å²) in [5.41, 5.74) is 0. The average molecular weight is 214 g/mol. The van der Waals surface area contributed by atoms with E-state index in [4.69, 9.17) is 0 Å². The molecule has 0 aromatic rings. The fraction of sp³-hybridized carbons (Fsp3) is 1.00. The van der Waals surface area contributed by atoms with Gasteiger partial charge in [-0.25, -0.2) is 0 Å². The number of hydrogen-bond donors (Lipinski definition) is 0. The Morgan fingerprint density at radius 2 is 1.73 bits per heavy atom. The molecule has 0 aromatic carbocycles. The molecule has 1 heterocycles. The van der Waals surface area contributed by atoms with Gasteiger partial charge in [0.2, 0.25) is 0 Å². The van der Waals surface area contributed by atoms with E-state index in [2.05, 4.69) is 44.5 Å². The molecule has 2 nitrogen and oxygen atoms in total. The zero-order valence-electron chi connectivity index (χ0n) is 11.7. The smallest absolute Gasteiger partial charge is 0.0238 e. The maximum atomic E-state index is 2.60. The van der Waals surface area contributed by atoms with Gasteiger partial charge in [0.1, 0.15) is 0 Å². The lowest BCUT2D eigenvalue weighted by atomic mass is 10.00. The largest absolute Gasteiger partial charge is 0.302 e. The summed E-state index contributed by atoms with van der Waals surface area (Å²) in [6, 6.07) is 2.21. The Bertz CT molecular complexity index is 155. The molecule has 1 atom stereocenters. The molecule has 0 N–H and O–H groups in total. The van der Waals surface area contributed by atoms with Gasteiger partial charge in [0.25, 0.3) is 0 Å². The maximum Gasteiger partial charge on any atom is 0.0238 e. The van der Waals surface area contributed by atoms with Crippen LogP contribution in [0.2, 0.25) is 0 Å². The van der Waals surface area contributed by atoms with Crippen molar-refractivity contribution in [2.24, 2.45) is 0 Å². The van der Waals surface area contributed by atoms with Crippen molar-refractivity contribution >= 4 is 0 Å². The highest BCUT2D eigenvalue weighted by molar-refractivity contribution is 4.87. The van der Waals surface area contributed by atoms with Gasteiger partial charge in [-0.05, 0) is 41.2 Å². The topological polar surface area (TPSA) is 6.48 Å². The zero-order chi connectivity index (χ0) is 12.0. The minimum atomic E-state index is 0.676. The van der Waals surface area contributed by atoms with Crippen LogP contribution in [0.15, 0.2) is 0 Å². The van der Waals surface area contributed by atoms with E-state index in [1.807, 2.05) is 13.8 Å². The molecule has 15 heavy (non-hydrogen) atoms. The lowest BCUT2D eigenvalue weighted by Gasteiger charge is -2.46. The molecule has 0 amide bonds. The van der Waals surface area contributed by atoms with Gasteiger partial charge in [-0.2, -0.15) is 0 Å². The molecule has 0 bridgehead atoms. The van der Waals surface area contributed by atoms with Crippen LogP contribution >= 0.6 is 0 Å². The van der Waals surface area contributed by atoms with Crippen molar-refractivity contribution in [3.05, 3.63) is 0 Å². The third-order valence-electron chi connectivity index (χ3n) is 3.23. The number of likely N-dealkylation sites (tertiary alicyclic amines) is 1. The van der Waals surface area contributed by atoms with E-state index in [0.717, 1.165) is 12.1 Å². The summed E-state index contributed by atoms with van der Waals surface area (Å²) in [6.07, 6.45) is 1.38. The first-order valence-corrected chi connectivity index (χ1v) is 6.48. The van der Waals surface area contributed by atoms with Crippen molar-refractivity contribution in [1.82, 2.24) is 9.80 Å². The summed E-state index contributed by atoms with van der Waals surface area (Å²) in [6.45, 7) is 15.6. The zero-order valence-corrected chi connectivity index (χ0v) is 11.7. The second-order valence-corrected chi connectivity index (χ2v) is 4.81. The Kier molecular flexibility index (Phi) is 7.20. The maximum absolute atomic E-state index is 2.60. The first-order valence-electron chi connectivity index (χ1n) is 6.48. The second kappa shape index (κ2) is 7.24. The highest BCUT2D eigenvalue weighted by Crippen LogP contribution is 2.21. The van der Waals surface area contributed by atoms with Crippen molar-refractivity contribution in [1.29, 1.82) is 0 Å². The number of likely N-dealkylation sites (N-methyl/N-ethyl adjacent to an activating group) is 1. The highest BCUT2D eigenvalue weighted by Gasteiger charge is 2.30. The van der Waals surface area contributed by atoms with Crippen LogP contribution in [0.5, 0.6) is 0 Å². The summed E-state index contributed by atoms with van der Waals surface area (Å²) in [4.78, 5) is 5.04. The third-order valence-corrected chi connectivity index (χ3v) is 3.23. The Morgan fingerprint density at radius 1 is 1.20 bits per heavy atom. The van der Waals surface area contributed by atoms with Gasteiger partial charge in [-0.15, -0.1) is 0 Å². The Hall–Kier alpha value is -0.0800. The van der Waals surface area contributed by atoms with Gasteiger partial charge in [-0.1, -0.05) is 13.8 Å². The number of hydrogen-bond acceptors (Lipinski definition) is 2. The van der Waals surface area contributed by atoms with Crippen LogP contribution in [-0.2, 0) is 0 Å². The molecule has 0 aliphatic carbocycles. The van der Waals surface area contributed by atoms with Crippen molar-refractivity contribution < 1.29 is 0 Å². The summed E-state index contributed by atoms with van der Waals surface area (Å²) in [5, 5.41) is 0. The van der Waals surface area contributed by atoms with Crippen molar-refractivity contribution in [3.63, 3.8) is 0 Å². The quantitative estimate of drug-likeness (QED) is 0.710. The Balaban J connectivity index is 0.000000921. The van der Waals surface area contributed by atoms with E-state index < -0.39 is 0 Å². The van der Waals surface area contributed by atoms with Crippen LogP contribution < -0.4 is 0 Å². The van der Waals surface area contributed by atoms with Crippen LogP contribution in [0.3, 0.4) is 0 Å². The highest BCUT2D eigenvalue weighted by atomic mass is 15.3. The third kappa shape index (κ3) is 4.52. The van der Waals surface area contributed by atoms with E-state index in [9.17, 15) is 0 Å². The van der Waals surface area contributed by atoms with E-state index >= 15 is 0 Å². The van der Waals surface area contributed by atoms with Crippen molar-refractivity contribution in [2.45, 2.75) is 66.1 Å². The van der Waals surface area contributed by atoms with E-state index in [-0.39, 0.29) is 0 Å². The molecule has 1 saturated heterocycles. The van der Waals surface area contributed by atoms with Crippen molar-refractivity contribution in [3.8, 4) is 0 Å². The first-order chi connectivity index (χ1) is 7.02. The van der Waals surface area contributed by atoms with Crippen LogP contribution in [0.1, 0.15) is 48.0 Å². The molecular weight excluding hydrogens is 184 g/mol. The van der Waals surface area contributed by atoms with Gasteiger partial charge < -0.3 is 4.90 Å². The Morgan fingerprint density at radius 3 is 2.00 bits per heavy atom. The number of rotatable bonds is 4. The van der Waals surface area contributed by atoms with Crippen molar-refractivity contribution in [2.75, 3.05) is 20.1 Å². The molecule has 1 aliphatic heterocycles. The number of nitrogens with zero attached hydrogens (tertiary/aromatic N) is 2. The molecule has 0 aromatic heterocycles. The molecule has 1 aliphatic rings. The monoisotopic (exact) mass is 214 g/mol. The van der Waals surface area contributed by atoms with Gasteiger partial charge in [0.15, 0.2) is 0 Å². The van der Waals surface area contributed by atoms with E-state index in [1.165, 1.54) is 19.5 Å². The van der Waals surface area contributed by atoms with Gasteiger partial charge in [-0.3, -0.25) is 4.90 Å². The van der Waals surface area contributed by atoms with Crippen LogP contribution in [0.25, 0.3) is 0 Å². The molecule has 0 saturated carbocycles. The average Bonchev–Trinajstić information content (AvgIpc) is 2.14. The first kappa shape index (κ1) is 14.9. The summed E-state index contributed by atoms with van der Waals surface area (Å²) < 4.78 is 0. The van der Waals surface area contributed by atoms with Crippen LogP contribution in [0, 0.1) is 0 Å². The molecule has 1 fully saturated rings. The second-order valence-electron chi connectivity index (χ2n) is 4.81. The van der Waals surface area contributed by atoms with Crippen LogP contribution in [0.4, 0.5) is 0 Å². The molecule has 0 spiro atoms. The molecule has 1 unspecified atom stereocenters. The standard InChI is InChI=1S/C11H24N2.C2H6/c1-9(2)12(5)8-11-6-7-13(11)10(3)4;1-2/h9-11H,6-8H2,1-5H3;1-2H3. The molecule has 92 valence electrons. The lowest BCUT2D eigenvalue weighted by Crippen LogP contribution is -2.56. The summed E-state index contributed by atoms with van der Waals surface area (Å²) >= 11 is 0. The minimum Gasteiger partial charge on any atom is -0.302 e. The fourth-order valence-corrected chi connectivity index (χ4v) is 1.88. The van der Waals surface area contributed by atoms with E-state index in [0.29, 0.717) is 6.04 Å². The molecule has 0 radical (unpaired) electrons. The minimum absolute atomic E-state index is 0.676.